The van der Waals surface area contributed by atoms with Gasteiger partial charge in [0.1, 0.15) is 12.7 Å². The summed E-state index contributed by atoms with van der Waals surface area (Å²) < 4.78 is 18.9. The van der Waals surface area contributed by atoms with Crippen LogP contribution >= 0.6 is 0 Å². The molecule has 108 valence electrons. The van der Waals surface area contributed by atoms with E-state index in [1.54, 1.807) is 12.1 Å². The summed E-state index contributed by atoms with van der Waals surface area (Å²) in [6.45, 7) is 4.97. The Labute approximate surface area is 113 Å². The maximum absolute atomic E-state index is 13.7. The fourth-order valence-electron chi connectivity index (χ4n) is 1.58. The van der Waals surface area contributed by atoms with Crippen molar-refractivity contribution < 1.29 is 19.3 Å². The molecule has 1 atom stereocenters. The first-order chi connectivity index (χ1) is 9.04. The van der Waals surface area contributed by atoms with Crippen LogP contribution in [0.3, 0.4) is 0 Å². The summed E-state index contributed by atoms with van der Waals surface area (Å²) in [5.41, 5.74) is 0.700. The van der Waals surface area contributed by atoms with Gasteiger partial charge in [0.05, 0.1) is 6.61 Å². The van der Waals surface area contributed by atoms with E-state index in [4.69, 9.17) is 9.84 Å². The zero-order valence-corrected chi connectivity index (χ0v) is 11.4. The highest BCUT2D eigenvalue weighted by Crippen LogP contribution is 2.22. The van der Waals surface area contributed by atoms with Gasteiger partial charge >= 0.3 is 0 Å². The van der Waals surface area contributed by atoms with Crippen molar-refractivity contribution in [1.29, 1.82) is 0 Å². The molecule has 0 saturated carbocycles. The molecule has 0 aliphatic heterocycles. The second-order valence-corrected chi connectivity index (χ2v) is 4.90. The molecule has 0 heterocycles. The first-order valence-electron chi connectivity index (χ1n) is 6.44. The van der Waals surface area contributed by atoms with E-state index >= 15 is 0 Å². The normalized spacial score (nSPS) is 12.7. The van der Waals surface area contributed by atoms with E-state index in [1.165, 1.54) is 6.07 Å². The predicted molar refractivity (Wildman–Crippen MR) is 71.5 cm³/mol. The van der Waals surface area contributed by atoms with Crippen molar-refractivity contribution in [1.82, 2.24) is 5.32 Å². The van der Waals surface area contributed by atoms with Gasteiger partial charge in [-0.3, -0.25) is 0 Å². The van der Waals surface area contributed by atoms with Crippen molar-refractivity contribution in [3.05, 3.63) is 29.6 Å². The van der Waals surface area contributed by atoms with E-state index in [0.717, 1.165) is 6.54 Å². The molecule has 0 radical (unpaired) electrons. The molecule has 0 amide bonds. The topological polar surface area (TPSA) is 61.7 Å². The number of aliphatic hydroxyl groups excluding tert-OH is 2. The molecular formula is C14H22FNO3. The van der Waals surface area contributed by atoms with Gasteiger partial charge in [0.15, 0.2) is 11.6 Å². The minimum absolute atomic E-state index is 0.130. The van der Waals surface area contributed by atoms with Crippen LogP contribution in [0.5, 0.6) is 5.75 Å². The smallest absolute Gasteiger partial charge is 0.165 e. The quantitative estimate of drug-likeness (QED) is 0.667. The van der Waals surface area contributed by atoms with Crippen molar-refractivity contribution in [2.24, 2.45) is 5.92 Å². The Morgan fingerprint density at radius 1 is 1.37 bits per heavy atom. The monoisotopic (exact) mass is 271 g/mol. The van der Waals surface area contributed by atoms with Crippen molar-refractivity contribution >= 4 is 0 Å². The number of benzene rings is 1. The standard InChI is InChI=1S/C14H22FNO3/c1-10(2)6-16-7-11-4-3-5-13(15)14(11)19-9-12(18)8-17/h3-5,10,12,16-18H,6-9H2,1-2H3. The molecule has 4 nitrogen and oxygen atoms in total. The molecule has 19 heavy (non-hydrogen) atoms. The molecule has 0 fully saturated rings. The van der Waals surface area contributed by atoms with Gasteiger partial charge < -0.3 is 20.3 Å². The minimum atomic E-state index is -1.00. The second kappa shape index (κ2) is 8.09. The number of hydrogen-bond acceptors (Lipinski definition) is 4. The highest BCUT2D eigenvalue weighted by molar-refractivity contribution is 5.34. The fraction of sp³-hybridized carbons (Fsp3) is 0.571. The average Bonchev–Trinajstić information content (AvgIpc) is 2.37. The van der Waals surface area contributed by atoms with Crippen LogP contribution in [-0.4, -0.2) is 36.1 Å². The molecule has 1 aromatic rings. The summed E-state index contributed by atoms with van der Waals surface area (Å²) in [7, 11) is 0. The first-order valence-corrected chi connectivity index (χ1v) is 6.44. The lowest BCUT2D eigenvalue weighted by molar-refractivity contribution is 0.0519. The lowest BCUT2D eigenvalue weighted by Gasteiger charge is -2.15. The van der Waals surface area contributed by atoms with E-state index in [1.807, 2.05) is 0 Å². The number of rotatable bonds is 8. The lowest BCUT2D eigenvalue weighted by Crippen LogP contribution is -2.23. The van der Waals surface area contributed by atoms with Gasteiger partial charge in [-0.25, -0.2) is 4.39 Å². The Bertz CT molecular complexity index is 385. The molecule has 0 aliphatic carbocycles. The summed E-state index contributed by atoms with van der Waals surface area (Å²) in [6, 6.07) is 4.71. The number of nitrogens with one attached hydrogen (secondary N) is 1. The Kier molecular flexibility index (Phi) is 6.77. The summed E-state index contributed by atoms with van der Waals surface area (Å²) >= 11 is 0. The minimum Gasteiger partial charge on any atom is -0.487 e. The van der Waals surface area contributed by atoms with Crippen molar-refractivity contribution in [3.8, 4) is 5.75 Å². The lowest BCUT2D eigenvalue weighted by atomic mass is 10.1. The van der Waals surface area contributed by atoms with Gasteiger partial charge in [0.25, 0.3) is 0 Å². The van der Waals surface area contributed by atoms with E-state index < -0.39 is 18.5 Å². The van der Waals surface area contributed by atoms with Crippen molar-refractivity contribution in [3.63, 3.8) is 0 Å². The molecule has 5 heteroatoms. The average molecular weight is 271 g/mol. The van der Waals surface area contributed by atoms with Gasteiger partial charge in [0.2, 0.25) is 0 Å². The molecule has 1 rings (SSSR count). The predicted octanol–water partition coefficient (Wildman–Crippen LogP) is 1.30. The Morgan fingerprint density at radius 2 is 2.11 bits per heavy atom. The third-order valence-corrected chi connectivity index (χ3v) is 2.55. The number of halogens is 1. The largest absolute Gasteiger partial charge is 0.487 e. The van der Waals surface area contributed by atoms with Crippen LogP contribution in [0.15, 0.2) is 18.2 Å². The Hall–Kier alpha value is -1.17. The van der Waals surface area contributed by atoms with Gasteiger partial charge in [-0.05, 0) is 18.5 Å². The van der Waals surface area contributed by atoms with Gasteiger partial charge in [-0.2, -0.15) is 0 Å². The summed E-state index contributed by atoms with van der Waals surface area (Å²) in [6.07, 6.45) is -1.00. The molecule has 0 aliphatic rings. The Morgan fingerprint density at radius 3 is 2.74 bits per heavy atom. The van der Waals surface area contributed by atoms with Crippen LogP contribution < -0.4 is 10.1 Å². The third kappa shape index (κ3) is 5.55. The first kappa shape index (κ1) is 15.9. The molecule has 3 N–H and O–H groups in total. The van der Waals surface area contributed by atoms with Crippen LogP contribution in [0.25, 0.3) is 0 Å². The van der Waals surface area contributed by atoms with Crippen molar-refractivity contribution in [2.45, 2.75) is 26.5 Å². The summed E-state index contributed by atoms with van der Waals surface area (Å²) in [4.78, 5) is 0. The maximum Gasteiger partial charge on any atom is 0.165 e. The van der Waals surface area contributed by atoms with E-state index in [2.05, 4.69) is 19.2 Å². The maximum atomic E-state index is 13.7. The van der Waals surface area contributed by atoms with E-state index in [-0.39, 0.29) is 12.4 Å². The van der Waals surface area contributed by atoms with E-state index in [9.17, 15) is 9.50 Å². The zero-order valence-electron chi connectivity index (χ0n) is 11.4. The number of hydrogen-bond donors (Lipinski definition) is 3. The van der Waals surface area contributed by atoms with Gasteiger partial charge in [0, 0.05) is 12.1 Å². The highest BCUT2D eigenvalue weighted by atomic mass is 19.1. The number of para-hydroxylation sites is 1. The molecule has 0 bridgehead atoms. The third-order valence-electron chi connectivity index (χ3n) is 2.55. The molecule has 1 aromatic carbocycles. The molecular weight excluding hydrogens is 249 g/mol. The summed E-state index contributed by atoms with van der Waals surface area (Å²) in [5, 5.41) is 21.2. The van der Waals surface area contributed by atoms with E-state index in [0.29, 0.717) is 18.0 Å². The molecule has 0 aromatic heterocycles. The summed E-state index contributed by atoms with van der Waals surface area (Å²) in [5.74, 6) is 0.175. The van der Waals surface area contributed by atoms with Crippen LogP contribution in [-0.2, 0) is 6.54 Å². The van der Waals surface area contributed by atoms with Gasteiger partial charge in [-0.15, -0.1) is 0 Å². The Balaban J connectivity index is 2.66. The molecule has 1 unspecified atom stereocenters. The SMILES string of the molecule is CC(C)CNCc1cccc(F)c1OCC(O)CO. The van der Waals surface area contributed by atoms with Gasteiger partial charge in [-0.1, -0.05) is 26.0 Å². The number of aliphatic hydroxyl groups is 2. The van der Waals surface area contributed by atoms with Crippen LogP contribution in [0.2, 0.25) is 0 Å². The molecule has 0 saturated heterocycles. The van der Waals surface area contributed by atoms with Crippen LogP contribution in [0.4, 0.5) is 4.39 Å². The second-order valence-electron chi connectivity index (χ2n) is 4.90. The number of ether oxygens (including phenoxy) is 1. The van der Waals surface area contributed by atoms with Crippen molar-refractivity contribution in [2.75, 3.05) is 19.8 Å². The molecule has 0 spiro atoms. The highest BCUT2D eigenvalue weighted by Gasteiger charge is 2.12. The zero-order chi connectivity index (χ0) is 14.3. The fourth-order valence-corrected chi connectivity index (χ4v) is 1.58. The van der Waals surface area contributed by atoms with Crippen LogP contribution in [0, 0.1) is 11.7 Å². The van der Waals surface area contributed by atoms with Crippen LogP contribution in [0.1, 0.15) is 19.4 Å².